The molecule has 4 aromatic rings. The van der Waals surface area contributed by atoms with Gasteiger partial charge in [0.15, 0.2) is 0 Å². The zero-order valence-electron chi connectivity index (χ0n) is 17.2. The molecule has 0 saturated carbocycles. The third-order valence-electron chi connectivity index (χ3n) is 4.58. The first kappa shape index (κ1) is 22.1. The minimum Gasteiger partial charge on any atom is -0.487 e. The first-order valence-corrected chi connectivity index (χ1v) is 10.0. The molecule has 4 rings (SSSR count). The van der Waals surface area contributed by atoms with Crippen LogP contribution < -0.4 is 20.5 Å². The number of anilines is 1. The van der Waals surface area contributed by atoms with Crippen molar-refractivity contribution in [3.63, 3.8) is 0 Å². The molecule has 0 bridgehead atoms. The Kier molecular flexibility index (Phi) is 6.41. The minimum absolute atomic E-state index is 0.0879. The number of benzene rings is 3. The van der Waals surface area contributed by atoms with Crippen LogP contribution in [0, 0.1) is 5.82 Å². The van der Waals surface area contributed by atoms with Crippen LogP contribution in [0.15, 0.2) is 75.9 Å². The first-order valence-electron chi connectivity index (χ1n) is 9.65. The molecular weight excluding hydrogens is 453 g/mol. The van der Waals surface area contributed by atoms with Crippen molar-refractivity contribution < 1.29 is 23.1 Å². The highest BCUT2D eigenvalue weighted by atomic mass is 35.5. The van der Waals surface area contributed by atoms with E-state index in [0.29, 0.717) is 27.5 Å². The fraction of sp³-hybridized carbons (Fsp3) is 0.0870. The Morgan fingerprint density at radius 1 is 1.12 bits per heavy atom. The van der Waals surface area contributed by atoms with Crippen LogP contribution in [0.5, 0.6) is 11.8 Å². The SMILES string of the molecule is COc1nn(-c2ccc(NC(=O)c3ccc(Cl)cc3)c(OCc3ccc(F)cc3)c2)c(=O)o1. The summed E-state index contributed by atoms with van der Waals surface area (Å²) < 4.78 is 29.8. The van der Waals surface area contributed by atoms with Crippen LogP contribution >= 0.6 is 11.6 Å². The average molecular weight is 470 g/mol. The third-order valence-corrected chi connectivity index (χ3v) is 4.83. The summed E-state index contributed by atoms with van der Waals surface area (Å²) in [6, 6.07) is 16.8. The lowest BCUT2D eigenvalue weighted by molar-refractivity contribution is 0.102. The second-order valence-electron chi connectivity index (χ2n) is 6.81. The monoisotopic (exact) mass is 469 g/mol. The van der Waals surface area contributed by atoms with Gasteiger partial charge < -0.3 is 19.2 Å². The van der Waals surface area contributed by atoms with Crippen molar-refractivity contribution >= 4 is 23.2 Å². The maximum Gasteiger partial charge on any atom is 0.444 e. The van der Waals surface area contributed by atoms with Crippen LogP contribution in [0.25, 0.3) is 5.69 Å². The van der Waals surface area contributed by atoms with Gasteiger partial charge in [0, 0.05) is 16.7 Å². The van der Waals surface area contributed by atoms with Crippen molar-refractivity contribution in [3.05, 3.63) is 99.2 Å². The van der Waals surface area contributed by atoms with Gasteiger partial charge in [0.25, 0.3) is 5.91 Å². The largest absolute Gasteiger partial charge is 0.487 e. The molecule has 3 aromatic carbocycles. The molecule has 0 atom stereocenters. The topological polar surface area (TPSA) is 95.6 Å². The molecule has 1 aromatic heterocycles. The van der Waals surface area contributed by atoms with E-state index in [1.54, 1.807) is 48.5 Å². The van der Waals surface area contributed by atoms with E-state index in [4.69, 9.17) is 25.5 Å². The normalized spacial score (nSPS) is 10.6. The first-order chi connectivity index (χ1) is 15.9. The van der Waals surface area contributed by atoms with Gasteiger partial charge in [-0.25, -0.2) is 9.18 Å². The molecule has 0 aliphatic heterocycles. The lowest BCUT2D eigenvalue weighted by atomic mass is 10.2. The fourth-order valence-electron chi connectivity index (χ4n) is 2.91. The van der Waals surface area contributed by atoms with Crippen molar-refractivity contribution in [3.8, 4) is 17.5 Å². The van der Waals surface area contributed by atoms with Gasteiger partial charge in [0.1, 0.15) is 18.2 Å². The number of ether oxygens (including phenoxy) is 2. The summed E-state index contributed by atoms with van der Waals surface area (Å²) in [6.45, 7) is 0.0879. The minimum atomic E-state index is -0.755. The van der Waals surface area contributed by atoms with E-state index in [2.05, 4.69) is 10.4 Å². The van der Waals surface area contributed by atoms with E-state index in [0.717, 1.165) is 4.68 Å². The molecular formula is C23H17ClFN3O5. The molecule has 0 saturated heterocycles. The van der Waals surface area contributed by atoms with Gasteiger partial charge in [-0.1, -0.05) is 28.8 Å². The van der Waals surface area contributed by atoms with E-state index in [1.165, 1.54) is 25.3 Å². The van der Waals surface area contributed by atoms with E-state index in [-0.39, 0.29) is 30.2 Å². The van der Waals surface area contributed by atoms with Gasteiger partial charge in [-0.3, -0.25) is 4.79 Å². The number of carbonyl (C=O) groups is 1. The molecule has 168 valence electrons. The fourth-order valence-corrected chi connectivity index (χ4v) is 3.04. The summed E-state index contributed by atoms with van der Waals surface area (Å²) in [5.41, 5.74) is 1.78. The highest BCUT2D eigenvalue weighted by Crippen LogP contribution is 2.29. The predicted molar refractivity (Wildman–Crippen MR) is 119 cm³/mol. The summed E-state index contributed by atoms with van der Waals surface area (Å²) in [5, 5.41) is 7.22. The second kappa shape index (κ2) is 9.58. The summed E-state index contributed by atoms with van der Waals surface area (Å²) >= 11 is 5.89. The number of carbonyl (C=O) groups excluding carboxylic acids is 1. The molecule has 0 radical (unpaired) electrons. The Morgan fingerprint density at radius 2 is 1.85 bits per heavy atom. The van der Waals surface area contributed by atoms with Crippen LogP contribution in [-0.2, 0) is 6.61 Å². The maximum atomic E-state index is 13.2. The number of aromatic nitrogens is 2. The van der Waals surface area contributed by atoms with Crippen molar-refractivity contribution in [2.75, 3.05) is 12.4 Å². The molecule has 0 spiro atoms. The third kappa shape index (κ3) is 5.21. The quantitative estimate of drug-likeness (QED) is 0.429. The van der Waals surface area contributed by atoms with Gasteiger partial charge in [0.05, 0.1) is 18.5 Å². The number of hydrogen-bond donors (Lipinski definition) is 1. The summed E-state index contributed by atoms with van der Waals surface area (Å²) in [5.74, 6) is -1.25. The van der Waals surface area contributed by atoms with E-state index in [1.807, 2.05) is 0 Å². The van der Waals surface area contributed by atoms with Gasteiger partial charge in [0.2, 0.25) is 0 Å². The Bertz CT molecular complexity index is 1330. The van der Waals surface area contributed by atoms with E-state index < -0.39 is 5.76 Å². The van der Waals surface area contributed by atoms with Crippen LogP contribution in [0.2, 0.25) is 5.02 Å². The second-order valence-corrected chi connectivity index (χ2v) is 7.24. The number of halogens is 2. The average Bonchev–Trinajstić information content (AvgIpc) is 3.20. The van der Waals surface area contributed by atoms with Crippen LogP contribution in [0.1, 0.15) is 15.9 Å². The molecule has 0 aliphatic carbocycles. The standard InChI is InChI=1S/C23H17ClFN3O5/c1-31-22-27-28(23(30)33-22)18-10-11-19(26-21(29)15-4-6-16(24)7-5-15)20(12-18)32-13-14-2-8-17(25)9-3-14/h2-12H,13H2,1H3,(H,26,29). The summed E-state index contributed by atoms with van der Waals surface area (Å²) in [6.07, 6.45) is -0.200. The maximum absolute atomic E-state index is 13.2. The lowest BCUT2D eigenvalue weighted by Crippen LogP contribution is -2.15. The number of nitrogens with one attached hydrogen (secondary N) is 1. The van der Waals surface area contributed by atoms with E-state index in [9.17, 15) is 14.0 Å². The highest BCUT2D eigenvalue weighted by Gasteiger charge is 2.15. The predicted octanol–water partition coefficient (Wildman–Crippen LogP) is 4.46. The van der Waals surface area contributed by atoms with Crippen molar-refractivity contribution in [1.82, 2.24) is 9.78 Å². The Balaban J connectivity index is 1.65. The Labute approximate surface area is 192 Å². The smallest absolute Gasteiger partial charge is 0.444 e. The number of hydrogen-bond acceptors (Lipinski definition) is 6. The van der Waals surface area contributed by atoms with Crippen LogP contribution in [0.3, 0.4) is 0 Å². The Morgan fingerprint density at radius 3 is 2.52 bits per heavy atom. The van der Waals surface area contributed by atoms with Gasteiger partial charge in [-0.15, -0.1) is 0 Å². The Hall–Kier alpha value is -4.11. The molecule has 0 fully saturated rings. The molecule has 0 aliphatic rings. The molecule has 1 N–H and O–H groups in total. The van der Waals surface area contributed by atoms with Crippen molar-refractivity contribution in [2.24, 2.45) is 0 Å². The molecule has 1 heterocycles. The number of methoxy groups -OCH3 is 1. The lowest BCUT2D eigenvalue weighted by Gasteiger charge is -2.14. The zero-order chi connectivity index (χ0) is 23.4. The molecule has 8 nitrogen and oxygen atoms in total. The van der Waals surface area contributed by atoms with Crippen LogP contribution in [-0.4, -0.2) is 22.8 Å². The zero-order valence-corrected chi connectivity index (χ0v) is 18.0. The molecule has 1 amide bonds. The van der Waals surface area contributed by atoms with Gasteiger partial charge in [-0.05, 0) is 54.1 Å². The molecule has 33 heavy (non-hydrogen) atoms. The number of rotatable bonds is 7. The molecule has 10 heteroatoms. The van der Waals surface area contributed by atoms with Crippen molar-refractivity contribution in [1.29, 1.82) is 0 Å². The molecule has 0 unspecified atom stereocenters. The summed E-state index contributed by atoms with van der Waals surface area (Å²) in [7, 11) is 1.32. The van der Waals surface area contributed by atoms with Gasteiger partial charge >= 0.3 is 11.8 Å². The number of nitrogens with zero attached hydrogens (tertiary/aromatic N) is 2. The van der Waals surface area contributed by atoms with Crippen LogP contribution in [0.4, 0.5) is 10.1 Å². The van der Waals surface area contributed by atoms with Crippen molar-refractivity contribution in [2.45, 2.75) is 6.61 Å². The highest BCUT2D eigenvalue weighted by molar-refractivity contribution is 6.30. The summed E-state index contributed by atoms with van der Waals surface area (Å²) in [4.78, 5) is 24.8. The van der Waals surface area contributed by atoms with E-state index >= 15 is 0 Å². The van der Waals surface area contributed by atoms with Gasteiger partial charge in [-0.2, -0.15) is 4.68 Å². The number of amides is 1.